The highest BCUT2D eigenvalue weighted by atomic mass is 16.5. The summed E-state index contributed by atoms with van der Waals surface area (Å²) in [7, 11) is 0. The van der Waals surface area contributed by atoms with Gasteiger partial charge in [0.05, 0.1) is 17.8 Å². The molecule has 5 N–H and O–H groups in total. The predicted molar refractivity (Wildman–Crippen MR) is 115 cm³/mol. The van der Waals surface area contributed by atoms with Crippen molar-refractivity contribution in [2.45, 2.75) is 45.1 Å². The molecule has 2 aromatic carbocycles. The molecule has 0 atom stereocenters. The molecule has 0 amide bonds. The van der Waals surface area contributed by atoms with E-state index in [1.807, 2.05) is 37.3 Å². The second-order valence-corrected chi connectivity index (χ2v) is 7.33. The highest BCUT2D eigenvalue weighted by Gasteiger charge is 2.16. The number of nitrogens with one attached hydrogen (secondary N) is 1. The molecule has 6 nitrogen and oxygen atoms in total. The van der Waals surface area contributed by atoms with Gasteiger partial charge in [0, 0.05) is 11.4 Å². The van der Waals surface area contributed by atoms with Gasteiger partial charge in [0.25, 0.3) is 0 Å². The van der Waals surface area contributed by atoms with Crippen molar-refractivity contribution < 1.29 is 4.74 Å². The van der Waals surface area contributed by atoms with E-state index >= 15 is 0 Å². The second kappa shape index (κ2) is 7.92. The van der Waals surface area contributed by atoms with Crippen molar-refractivity contribution in [3.63, 3.8) is 0 Å². The van der Waals surface area contributed by atoms with Crippen LogP contribution in [0.3, 0.4) is 0 Å². The van der Waals surface area contributed by atoms with Crippen LogP contribution in [0.2, 0.25) is 0 Å². The Bertz CT molecular complexity index is 982. The minimum absolute atomic E-state index is 0.296. The lowest BCUT2D eigenvalue weighted by atomic mass is 9.95. The van der Waals surface area contributed by atoms with Crippen molar-refractivity contribution in [3.8, 4) is 16.9 Å². The van der Waals surface area contributed by atoms with Gasteiger partial charge in [-0.05, 0) is 55.2 Å². The Balaban J connectivity index is 1.74. The quantitative estimate of drug-likeness (QED) is 0.562. The third-order valence-corrected chi connectivity index (χ3v) is 5.31. The van der Waals surface area contributed by atoms with Gasteiger partial charge in [0.15, 0.2) is 0 Å². The van der Waals surface area contributed by atoms with Crippen LogP contribution in [-0.4, -0.2) is 22.6 Å². The van der Waals surface area contributed by atoms with E-state index in [0.717, 1.165) is 27.8 Å². The first kappa shape index (κ1) is 18.3. The van der Waals surface area contributed by atoms with Gasteiger partial charge in [-0.2, -0.15) is 4.98 Å². The zero-order valence-electron chi connectivity index (χ0n) is 16.2. The van der Waals surface area contributed by atoms with Crippen LogP contribution in [0.15, 0.2) is 36.4 Å². The number of benzene rings is 2. The summed E-state index contributed by atoms with van der Waals surface area (Å²) in [5.41, 5.74) is 15.6. The molecule has 0 saturated heterocycles. The Morgan fingerprint density at radius 3 is 2.54 bits per heavy atom. The van der Waals surface area contributed by atoms with Crippen molar-refractivity contribution in [2.24, 2.45) is 0 Å². The Labute approximate surface area is 165 Å². The van der Waals surface area contributed by atoms with E-state index in [-0.39, 0.29) is 0 Å². The molecule has 1 aliphatic rings. The fourth-order valence-corrected chi connectivity index (χ4v) is 3.87. The van der Waals surface area contributed by atoms with E-state index in [0.29, 0.717) is 30.0 Å². The number of nitrogens with zero attached hydrogens (tertiary/aromatic N) is 2. The summed E-state index contributed by atoms with van der Waals surface area (Å²) in [4.78, 5) is 8.91. The van der Waals surface area contributed by atoms with Crippen LogP contribution < -0.4 is 21.5 Å². The van der Waals surface area contributed by atoms with Crippen molar-refractivity contribution >= 4 is 28.4 Å². The van der Waals surface area contributed by atoms with Crippen molar-refractivity contribution in [3.05, 3.63) is 36.4 Å². The molecular weight excluding hydrogens is 350 g/mol. The standard InChI is InChI=1S/C22H27N5O/c1-2-28-20-13-15(8-10-18(20)23)14-9-11-19-17(12-14)21(27-22(24)26-19)25-16-6-4-3-5-7-16/h8-13,16H,2-7,23H2,1H3,(H3,24,25,26,27). The maximum Gasteiger partial charge on any atom is 0.222 e. The Morgan fingerprint density at radius 1 is 1.00 bits per heavy atom. The topological polar surface area (TPSA) is 99.1 Å². The van der Waals surface area contributed by atoms with Crippen molar-refractivity contribution in [1.82, 2.24) is 9.97 Å². The number of aromatic nitrogens is 2. The van der Waals surface area contributed by atoms with Gasteiger partial charge in [0.1, 0.15) is 11.6 Å². The Kier molecular flexibility index (Phi) is 5.19. The average molecular weight is 377 g/mol. The van der Waals surface area contributed by atoms with Gasteiger partial charge in [-0.1, -0.05) is 31.4 Å². The van der Waals surface area contributed by atoms with Gasteiger partial charge in [0.2, 0.25) is 5.95 Å². The van der Waals surface area contributed by atoms with Crippen LogP contribution in [0.5, 0.6) is 5.75 Å². The lowest BCUT2D eigenvalue weighted by molar-refractivity contribution is 0.342. The van der Waals surface area contributed by atoms with E-state index in [1.54, 1.807) is 0 Å². The van der Waals surface area contributed by atoms with E-state index in [1.165, 1.54) is 32.1 Å². The van der Waals surface area contributed by atoms with Crippen LogP contribution in [0, 0.1) is 0 Å². The van der Waals surface area contributed by atoms with E-state index in [9.17, 15) is 0 Å². The second-order valence-electron chi connectivity index (χ2n) is 7.33. The monoisotopic (exact) mass is 377 g/mol. The predicted octanol–water partition coefficient (Wildman–Crippen LogP) is 4.60. The molecule has 4 rings (SSSR count). The summed E-state index contributed by atoms with van der Waals surface area (Å²) in [5.74, 6) is 1.82. The largest absolute Gasteiger partial charge is 0.492 e. The minimum Gasteiger partial charge on any atom is -0.492 e. The lowest BCUT2D eigenvalue weighted by Gasteiger charge is -2.24. The smallest absolute Gasteiger partial charge is 0.222 e. The Hall–Kier alpha value is -3.02. The normalized spacial score (nSPS) is 14.9. The summed E-state index contributed by atoms with van der Waals surface area (Å²) in [6.45, 7) is 2.53. The summed E-state index contributed by atoms with van der Waals surface area (Å²) in [6, 6.07) is 12.5. The molecule has 1 aliphatic carbocycles. The van der Waals surface area contributed by atoms with Crippen LogP contribution in [-0.2, 0) is 0 Å². The number of fused-ring (bicyclic) bond motifs is 1. The van der Waals surface area contributed by atoms with Gasteiger partial charge in [-0.3, -0.25) is 0 Å². The first-order valence-corrected chi connectivity index (χ1v) is 10.0. The molecule has 0 spiro atoms. The average Bonchev–Trinajstić information content (AvgIpc) is 2.70. The molecule has 28 heavy (non-hydrogen) atoms. The number of ether oxygens (including phenoxy) is 1. The third-order valence-electron chi connectivity index (χ3n) is 5.31. The van der Waals surface area contributed by atoms with Gasteiger partial charge in [-0.15, -0.1) is 0 Å². The highest BCUT2D eigenvalue weighted by molar-refractivity contribution is 5.93. The molecule has 0 radical (unpaired) electrons. The molecule has 1 fully saturated rings. The molecule has 0 bridgehead atoms. The van der Waals surface area contributed by atoms with Crippen molar-refractivity contribution in [1.29, 1.82) is 0 Å². The van der Waals surface area contributed by atoms with E-state index in [4.69, 9.17) is 16.2 Å². The fraction of sp³-hybridized carbons (Fsp3) is 0.364. The summed E-state index contributed by atoms with van der Waals surface area (Å²) in [6.07, 6.45) is 6.16. The molecule has 1 aromatic heterocycles. The SMILES string of the molecule is CCOc1cc(-c2ccc3nc(N)nc(NC4CCCCC4)c3c2)ccc1N. The number of hydrogen-bond acceptors (Lipinski definition) is 6. The maximum absolute atomic E-state index is 6.02. The Morgan fingerprint density at radius 2 is 1.75 bits per heavy atom. The van der Waals surface area contributed by atoms with Gasteiger partial charge >= 0.3 is 0 Å². The van der Waals surface area contributed by atoms with Crippen molar-refractivity contribution in [2.75, 3.05) is 23.4 Å². The van der Waals surface area contributed by atoms with E-state index in [2.05, 4.69) is 21.4 Å². The first-order valence-electron chi connectivity index (χ1n) is 10.0. The van der Waals surface area contributed by atoms with Crippen LogP contribution in [0.25, 0.3) is 22.0 Å². The molecule has 1 saturated carbocycles. The zero-order valence-corrected chi connectivity index (χ0v) is 16.2. The highest BCUT2D eigenvalue weighted by Crippen LogP contribution is 2.33. The summed E-state index contributed by atoms with van der Waals surface area (Å²) < 4.78 is 5.65. The fourth-order valence-electron chi connectivity index (χ4n) is 3.87. The minimum atomic E-state index is 0.296. The summed E-state index contributed by atoms with van der Waals surface area (Å²) >= 11 is 0. The van der Waals surface area contributed by atoms with Gasteiger partial charge < -0.3 is 21.5 Å². The molecule has 6 heteroatoms. The van der Waals surface area contributed by atoms with E-state index < -0.39 is 0 Å². The molecule has 3 aromatic rings. The summed E-state index contributed by atoms with van der Waals surface area (Å²) in [5, 5.41) is 4.59. The van der Waals surface area contributed by atoms with Crippen LogP contribution in [0.4, 0.5) is 17.5 Å². The maximum atomic E-state index is 6.02. The van der Waals surface area contributed by atoms with Gasteiger partial charge in [-0.25, -0.2) is 4.98 Å². The number of anilines is 3. The van der Waals surface area contributed by atoms with Crippen LogP contribution >= 0.6 is 0 Å². The number of rotatable bonds is 5. The number of nitrogens with two attached hydrogens (primary N) is 2. The first-order chi connectivity index (χ1) is 13.6. The zero-order chi connectivity index (χ0) is 19.5. The van der Waals surface area contributed by atoms with Crippen LogP contribution in [0.1, 0.15) is 39.0 Å². The lowest BCUT2D eigenvalue weighted by Crippen LogP contribution is -2.23. The molecule has 1 heterocycles. The third kappa shape index (κ3) is 3.81. The number of hydrogen-bond donors (Lipinski definition) is 3. The molecule has 0 unspecified atom stereocenters. The molecular formula is C22H27N5O. The molecule has 146 valence electrons. The number of nitrogen functional groups attached to an aromatic ring is 2. The molecule has 0 aliphatic heterocycles.